The van der Waals surface area contributed by atoms with E-state index in [4.69, 9.17) is 4.74 Å². The SMILES string of the molecule is C=CCn1c(=O)c2cnc(Nc3ccc(N4C[C@@H]5C[C@H]4CO5)cc3)nc2n1-c1cccc(N=S(C)(C)=O)n1. The maximum Gasteiger partial charge on any atom is 0.278 e. The lowest BCUT2D eigenvalue weighted by molar-refractivity contribution is 0.0991. The number of benzene rings is 1. The van der Waals surface area contributed by atoms with Crippen molar-refractivity contribution in [2.24, 2.45) is 4.36 Å². The van der Waals surface area contributed by atoms with Crippen LogP contribution in [-0.4, -0.2) is 66.3 Å². The molecule has 6 rings (SSSR count). The zero-order valence-corrected chi connectivity index (χ0v) is 22.0. The van der Waals surface area contributed by atoms with E-state index in [1.807, 2.05) is 12.1 Å². The highest BCUT2D eigenvalue weighted by atomic mass is 32.2. The van der Waals surface area contributed by atoms with Crippen LogP contribution in [0.3, 0.4) is 0 Å². The highest BCUT2D eigenvalue weighted by Crippen LogP contribution is 2.33. The number of rotatable bonds is 7. The Morgan fingerprint density at radius 1 is 1.21 bits per heavy atom. The molecule has 0 saturated carbocycles. The number of nitrogens with one attached hydrogen (secondary N) is 1. The van der Waals surface area contributed by atoms with Crippen LogP contribution in [0, 0.1) is 0 Å². The number of anilines is 3. The Labute approximate surface area is 220 Å². The van der Waals surface area contributed by atoms with Crippen LogP contribution in [0.4, 0.5) is 23.1 Å². The maximum atomic E-state index is 13.2. The molecule has 4 aromatic rings. The van der Waals surface area contributed by atoms with Gasteiger partial charge in [0.15, 0.2) is 17.3 Å². The lowest BCUT2D eigenvalue weighted by atomic mass is 10.2. The zero-order chi connectivity index (χ0) is 26.4. The predicted octanol–water partition coefficient (Wildman–Crippen LogP) is 3.24. The minimum absolute atomic E-state index is 0.240. The van der Waals surface area contributed by atoms with Crippen molar-refractivity contribution in [3.63, 3.8) is 0 Å². The topological polar surface area (TPSA) is 120 Å². The van der Waals surface area contributed by atoms with Crippen molar-refractivity contribution in [3.8, 4) is 5.82 Å². The summed E-state index contributed by atoms with van der Waals surface area (Å²) in [6, 6.07) is 13.8. The minimum Gasteiger partial charge on any atom is -0.374 e. The fourth-order valence-corrected chi connectivity index (χ4v) is 5.55. The lowest BCUT2D eigenvalue weighted by Crippen LogP contribution is -2.36. The highest BCUT2D eigenvalue weighted by molar-refractivity contribution is 7.92. The molecule has 2 aliphatic rings. The third-order valence-electron chi connectivity index (χ3n) is 6.58. The van der Waals surface area contributed by atoms with Gasteiger partial charge in [0.2, 0.25) is 5.95 Å². The quantitative estimate of drug-likeness (QED) is 0.360. The van der Waals surface area contributed by atoms with Gasteiger partial charge in [-0.15, -0.1) is 6.58 Å². The minimum atomic E-state index is -2.41. The molecule has 0 radical (unpaired) electrons. The van der Waals surface area contributed by atoms with E-state index in [-0.39, 0.29) is 12.1 Å². The summed E-state index contributed by atoms with van der Waals surface area (Å²) in [6.07, 6.45) is 7.64. The average Bonchev–Trinajstić information content (AvgIpc) is 3.58. The van der Waals surface area contributed by atoms with Crippen molar-refractivity contribution in [1.82, 2.24) is 24.3 Å². The molecule has 0 unspecified atom stereocenters. The van der Waals surface area contributed by atoms with E-state index in [0.717, 1.165) is 30.9 Å². The predicted molar refractivity (Wildman–Crippen MR) is 148 cm³/mol. The number of fused-ring (bicyclic) bond motifs is 3. The smallest absolute Gasteiger partial charge is 0.278 e. The third kappa shape index (κ3) is 4.56. The summed E-state index contributed by atoms with van der Waals surface area (Å²) >= 11 is 0. The average molecular weight is 533 g/mol. The molecular formula is C26H28N8O3S. The molecule has 0 aliphatic carbocycles. The Kier molecular flexibility index (Phi) is 6.00. The summed E-state index contributed by atoms with van der Waals surface area (Å²) in [7, 11) is -2.41. The zero-order valence-electron chi connectivity index (χ0n) is 21.1. The number of hydrogen-bond acceptors (Lipinski definition) is 9. The molecule has 0 amide bonds. The standard InChI is InChI=1S/C26H28N8O3S/c1-4-12-33-25(35)21-14-27-26(28-17-8-10-18(11-9-17)32-15-20-13-19(32)16-37-20)30-24(21)34(33)23-7-5-6-22(29-23)31-38(2,3)36/h4-11,14,19-20H,1,12-13,15-16H2,2-3H3,(H,27,28,30)/t19-,20-/m0/s1. The number of allylic oxidation sites excluding steroid dienone is 1. The van der Waals surface area contributed by atoms with Crippen LogP contribution in [-0.2, 0) is 21.0 Å². The van der Waals surface area contributed by atoms with Crippen molar-refractivity contribution < 1.29 is 8.95 Å². The summed E-state index contributed by atoms with van der Waals surface area (Å²) in [5.74, 6) is 1.07. The molecule has 196 valence electrons. The first-order chi connectivity index (χ1) is 18.3. The lowest BCUT2D eigenvalue weighted by Gasteiger charge is -2.29. The first-order valence-corrected chi connectivity index (χ1v) is 14.6. The summed E-state index contributed by atoms with van der Waals surface area (Å²) < 4.78 is 25.2. The van der Waals surface area contributed by atoms with Gasteiger partial charge in [0.1, 0.15) is 5.39 Å². The Bertz CT molecular complexity index is 1710. The van der Waals surface area contributed by atoms with Gasteiger partial charge in [-0.05, 0) is 42.8 Å². The molecule has 2 fully saturated rings. The Morgan fingerprint density at radius 3 is 2.71 bits per heavy atom. The van der Waals surface area contributed by atoms with Gasteiger partial charge in [-0.3, -0.25) is 4.79 Å². The molecule has 11 nitrogen and oxygen atoms in total. The maximum absolute atomic E-state index is 13.2. The largest absolute Gasteiger partial charge is 0.374 e. The Balaban J connectivity index is 1.36. The van der Waals surface area contributed by atoms with Crippen molar-refractivity contribution in [2.45, 2.75) is 25.1 Å². The molecule has 38 heavy (non-hydrogen) atoms. The monoisotopic (exact) mass is 532 g/mol. The van der Waals surface area contributed by atoms with Gasteiger partial charge in [0.25, 0.3) is 5.56 Å². The van der Waals surface area contributed by atoms with Gasteiger partial charge in [0.05, 0.1) is 25.3 Å². The molecule has 1 N–H and O–H groups in total. The summed E-state index contributed by atoms with van der Waals surface area (Å²) in [5, 5.41) is 3.59. The van der Waals surface area contributed by atoms with Crippen molar-refractivity contribution in [3.05, 3.63) is 71.7 Å². The fraction of sp³-hybridized carbons (Fsp3) is 0.308. The van der Waals surface area contributed by atoms with E-state index in [1.165, 1.54) is 10.9 Å². The number of ether oxygens (including phenoxy) is 1. The van der Waals surface area contributed by atoms with Crippen LogP contribution >= 0.6 is 0 Å². The molecular weight excluding hydrogens is 504 g/mol. The van der Waals surface area contributed by atoms with Gasteiger partial charge in [-0.25, -0.2) is 23.5 Å². The second-order valence-corrected chi connectivity index (χ2v) is 12.3. The number of nitrogens with zero attached hydrogens (tertiary/aromatic N) is 7. The number of hydrogen-bond donors (Lipinski definition) is 1. The first-order valence-electron chi connectivity index (χ1n) is 12.3. The van der Waals surface area contributed by atoms with Crippen LogP contribution in [0.25, 0.3) is 16.9 Å². The third-order valence-corrected chi connectivity index (χ3v) is 7.21. The second kappa shape index (κ2) is 9.37. The van der Waals surface area contributed by atoms with Crippen LogP contribution in [0.1, 0.15) is 6.42 Å². The van der Waals surface area contributed by atoms with E-state index < -0.39 is 9.73 Å². The van der Waals surface area contributed by atoms with E-state index in [9.17, 15) is 9.00 Å². The van der Waals surface area contributed by atoms with E-state index in [0.29, 0.717) is 40.8 Å². The molecule has 12 heteroatoms. The van der Waals surface area contributed by atoms with E-state index in [1.54, 1.807) is 41.5 Å². The van der Waals surface area contributed by atoms with Gasteiger partial charge in [-0.1, -0.05) is 12.1 Å². The van der Waals surface area contributed by atoms with Gasteiger partial charge in [0, 0.05) is 46.4 Å². The number of pyridine rings is 1. The molecule has 0 spiro atoms. The normalized spacial score (nSPS) is 18.7. The Morgan fingerprint density at radius 2 is 2.03 bits per heavy atom. The van der Waals surface area contributed by atoms with Crippen molar-refractivity contribution in [2.75, 3.05) is 35.9 Å². The summed E-state index contributed by atoms with van der Waals surface area (Å²) in [6.45, 7) is 5.73. The molecule has 2 bridgehead atoms. The number of aromatic nitrogens is 5. The van der Waals surface area contributed by atoms with Crippen LogP contribution in [0.2, 0.25) is 0 Å². The molecule has 2 aliphatic heterocycles. The van der Waals surface area contributed by atoms with Crippen molar-refractivity contribution >= 4 is 43.9 Å². The number of morpholine rings is 1. The fourth-order valence-electron chi connectivity index (χ4n) is 5.00. The van der Waals surface area contributed by atoms with Gasteiger partial charge >= 0.3 is 0 Å². The van der Waals surface area contributed by atoms with Crippen molar-refractivity contribution in [1.29, 1.82) is 0 Å². The molecule has 2 saturated heterocycles. The first kappa shape index (κ1) is 24.3. The van der Waals surface area contributed by atoms with Gasteiger partial charge < -0.3 is 15.0 Å². The molecule has 5 heterocycles. The second-order valence-electron chi connectivity index (χ2n) is 9.71. The van der Waals surface area contributed by atoms with Gasteiger partial charge in [-0.2, -0.15) is 9.35 Å². The Hall–Kier alpha value is -4.03. The summed E-state index contributed by atoms with van der Waals surface area (Å²) in [5.41, 5.74) is 2.11. The molecule has 2 atom stereocenters. The van der Waals surface area contributed by atoms with Crippen LogP contribution in [0.15, 0.2) is 70.5 Å². The highest BCUT2D eigenvalue weighted by Gasteiger charge is 2.38. The van der Waals surface area contributed by atoms with E-state index >= 15 is 0 Å². The van der Waals surface area contributed by atoms with Crippen LogP contribution < -0.4 is 15.8 Å². The molecule has 1 aromatic carbocycles. The van der Waals surface area contributed by atoms with Crippen LogP contribution in [0.5, 0.6) is 0 Å². The summed E-state index contributed by atoms with van der Waals surface area (Å²) in [4.78, 5) is 29.2. The molecule has 3 aromatic heterocycles. The van der Waals surface area contributed by atoms with E-state index in [2.05, 4.69) is 48.2 Å².